The molecule has 0 aliphatic rings. The summed E-state index contributed by atoms with van der Waals surface area (Å²) in [6.07, 6.45) is 0.761. The van der Waals surface area contributed by atoms with Crippen LogP contribution in [0, 0.1) is 13.8 Å². The number of hydrogen-bond donors (Lipinski definition) is 2. The van der Waals surface area contributed by atoms with Crippen molar-refractivity contribution >= 4 is 5.91 Å². The average Bonchev–Trinajstić information content (AvgIpc) is 2.50. The minimum Gasteiger partial charge on any atom is -0.480 e. The molecule has 1 unspecified atom stereocenters. The first-order valence-corrected chi connectivity index (χ1v) is 6.07. The van der Waals surface area contributed by atoms with Crippen molar-refractivity contribution in [1.29, 1.82) is 0 Å². The van der Waals surface area contributed by atoms with Gasteiger partial charge in [0.05, 0.1) is 5.69 Å². The Morgan fingerprint density at radius 1 is 1.56 bits per heavy atom. The van der Waals surface area contributed by atoms with Gasteiger partial charge in [-0.1, -0.05) is 0 Å². The molecule has 0 bridgehead atoms. The average molecular weight is 254 g/mol. The Balaban J connectivity index is 2.38. The van der Waals surface area contributed by atoms with Gasteiger partial charge in [-0.2, -0.15) is 5.10 Å². The third-order valence-electron chi connectivity index (χ3n) is 2.71. The van der Waals surface area contributed by atoms with Gasteiger partial charge >= 0.3 is 0 Å². The van der Waals surface area contributed by atoms with Gasteiger partial charge < -0.3 is 15.8 Å². The van der Waals surface area contributed by atoms with Gasteiger partial charge in [-0.05, 0) is 27.2 Å². The third-order valence-corrected chi connectivity index (χ3v) is 2.71. The van der Waals surface area contributed by atoms with Crippen molar-refractivity contribution in [1.82, 2.24) is 15.1 Å². The fourth-order valence-electron chi connectivity index (χ4n) is 1.59. The second kappa shape index (κ2) is 6.39. The maximum atomic E-state index is 11.5. The summed E-state index contributed by atoms with van der Waals surface area (Å²) in [4.78, 5) is 11.5. The summed E-state index contributed by atoms with van der Waals surface area (Å²) >= 11 is 0. The summed E-state index contributed by atoms with van der Waals surface area (Å²) in [5.74, 6) is 0.540. The zero-order valence-corrected chi connectivity index (χ0v) is 11.5. The molecule has 1 aromatic heterocycles. The van der Waals surface area contributed by atoms with Gasteiger partial charge in [-0.3, -0.25) is 9.48 Å². The van der Waals surface area contributed by atoms with Crippen molar-refractivity contribution in [3.8, 4) is 5.75 Å². The van der Waals surface area contributed by atoms with Crippen LogP contribution in [0.1, 0.15) is 24.7 Å². The highest BCUT2D eigenvalue weighted by Gasteiger charge is 2.12. The summed E-state index contributed by atoms with van der Waals surface area (Å²) in [7, 11) is 1.85. The van der Waals surface area contributed by atoms with Gasteiger partial charge in [-0.25, -0.2) is 0 Å². The zero-order valence-electron chi connectivity index (χ0n) is 11.5. The maximum Gasteiger partial charge on any atom is 0.257 e. The highest BCUT2D eigenvalue weighted by molar-refractivity contribution is 5.77. The van der Waals surface area contributed by atoms with E-state index < -0.39 is 0 Å². The summed E-state index contributed by atoms with van der Waals surface area (Å²) < 4.78 is 7.22. The number of aromatic nitrogens is 2. The van der Waals surface area contributed by atoms with Crippen LogP contribution in [0.2, 0.25) is 0 Å². The van der Waals surface area contributed by atoms with Gasteiger partial charge in [-0.15, -0.1) is 0 Å². The van der Waals surface area contributed by atoms with Crippen LogP contribution in [-0.4, -0.2) is 34.9 Å². The lowest BCUT2D eigenvalue weighted by atomic mass is 10.2. The first kappa shape index (κ1) is 14.5. The van der Waals surface area contributed by atoms with E-state index in [4.69, 9.17) is 10.5 Å². The molecule has 102 valence electrons. The smallest absolute Gasteiger partial charge is 0.257 e. The molecule has 3 N–H and O–H groups in total. The lowest BCUT2D eigenvalue weighted by Crippen LogP contribution is -2.32. The van der Waals surface area contributed by atoms with Crippen LogP contribution in [-0.2, 0) is 11.8 Å². The van der Waals surface area contributed by atoms with Gasteiger partial charge in [0.1, 0.15) is 5.69 Å². The van der Waals surface area contributed by atoms with Gasteiger partial charge in [0.25, 0.3) is 5.91 Å². The van der Waals surface area contributed by atoms with Crippen molar-refractivity contribution < 1.29 is 9.53 Å². The molecule has 0 saturated carbocycles. The predicted molar refractivity (Wildman–Crippen MR) is 69.5 cm³/mol. The van der Waals surface area contributed by atoms with Crippen molar-refractivity contribution in [2.75, 3.05) is 13.2 Å². The number of aryl methyl sites for hydroxylation is 2. The van der Waals surface area contributed by atoms with Gasteiger partial charge in [0, 0.05) is 19.6 Å². The second-order valence-corrected chi connectivity index (χ2v) is 4.53. The fourth-order valence-corrected chi connectivity index (χ4v) is 1.59. The Labute approximate surface area is 107 Å². The molecular formula is C12H22N4O2. The number of amides is 1. The number of hydrogen-bond acceptors (Lipinski definition) is 4. The van der Waals surface area contributed by atoms with Crippen molar-refractivity contribution in [3.63, 3.8) is 0 Å². The molecule has 0 aliphatic carbocycles. The predicted octanol–water partition coefficient (Wildman–Crippen LogP) is 0.269. The van der Waals surface area contributed by atoms with Gasteiger partial charge in [0.15, 0.2) is 12.4 Å². The van der Waals surface area contributed by atoms with Gasteiger partial charge in [0.2, 0.25) is 0 Å². The number of nitrogens with one attached hydrogen (secondary N) is 1. The maximum absolute atomic E-state index is 11.5. The van der Waals surface area contributed by atoms with Crippen LogP contribution >= 0.6 is 0 Å². The van der Waals surface area contributed by atoms with Crippen LogP contribution in [0.25, 0.3) is 0 Å². The molecule has 0 radical (unpaired) electrons. The fraction of sp³-hybridized carbons (Fsp3) is 0.667. The Morgan fingerprint density at radius 2 is 2.22 bits per heavy atom. The Kier molecular flexibility index (Phi) is 5.15. The van der Waals surface area contributed by atoms with Crippen LogP contribution in [0.3, 0.4) is 0 Å². The molecule has 0 saturated heterocycles. The number of carbonyl (C=O) groups is 1. The number of ether oxygens (including phenoxy) is 1. The standard InChI is InChI=1S/C12H22N4O2/c1-8(13)5-6-14-11(17)7-18-12-9(2)15-16(4)10(12)3/h8H,5-7,13H2,1-4H3,(H,14,17). The number of nitrogens with zero attached hydrogens (tertiary/aromatic N) is 2. The van der Waals surface area contributed by atoms with E-state index in [1.54, 1.807) is 4.68 Å². The number of rotatable bonds is 6. The van der Waals surface area contributed by atoms with E-state index in [-0.39, 0.29) is 18.6 Å². The topological polar surface area (TPSA) is 82.2 Å². The number of carbonyl (C=O) groups excluding carboxylic acids is 1. The Morgan fingerprint density at radius 3 is 2.72 bits per heavy atom. The van der Waals surface area contributed by atoms with Crippen LogP contribution in [0.5, 0.6) is 5.75 Å². The van der Waals surface area contributed by atoms with E-state index >= 15 is 0 Å². The van der Waals surface area contributed by atoms with E-state index in [9.17, 15) is 4.79 Å². The molecule has 6 nitrogen and oxygen atoms in total. The van der Waals surface area contributed by atoms with E-state index in [2.05, 4.69) is 10.4 Å². The molecular weight excluding hydrogens is 232 g/mol. The summed E-state index contributed by atoms with van der Waals surface area (Å²) in [6, 6.07) is 0.0917. The monoisotopic (exact) mass is 254 g/mol. The lowest BCUT2D eigenvalue weighted by Gasteiger charge is -2.09. The quantitative estimate of drug-likeness (QED) is 0.763. The second-order valence-electron chi connectivity index (χ2n) is 4.53. The Hall–Kier alpha value is -1.56. The van der Waals surface area contributed by atoms with E-state index in [1.807, 2.05) is 27.8 Å². The molecule has 0 fully saturated rings. The zero-order chi connectivity index (χ0) is 13.7. The molecule has 0 aliphatic heterocycles. The molecule has 1 heterocycles. The van der Waals surface area contributed by atoms with E-state index in [0.29, 0.717) is 12.3 Å². The third kappa shape index (κ3) is 4.03. The van der Waals surface area contributed by atoms with Crippen molar-refractivity contribution in [3.05, 3.63) is 11.4 Å². The minimum atomic E-state index is -0.140. The highest BCUT2D eigenvalue weighted by atomic mass is 16.5. The molecule has 0 spiro atoms. The largest absolute Gasteiger partial charge is 0.480 e. The first-order valence-electron chi connectivity index (χ1n) is 6.07. The molecule has 18 heavy (non-hydrogen) atoms. The van der Waals surface area contributed by atoms with E-state index in [1.165, 1.54) is 0 Å². The minimum absolute atomic E-state index is 0.00628. The van der Waals surface area contributed by atoms with Crippen LogP contribution in [0.15, 0.2) is 0 Å². The summed E-state index contributed by atoms with van der Waals surface area (Å²) in [5.41, 5.74) is 7.30. The SMILES string of the molecule is Cc1nn(C)c(C)c1OCC(=O)NCCC(C)N. The molecule has 1 amide bonds. The normalized spacial score (nSPS) is 12.3. The van der Waals surface area contributed by atoms with Crippen LogP contribution in [0.4, 0.5) is 0 Å². The van der Waals surface area contributed by atoms with Crippen molar-refractivity contribution in [2.45, 2.75) is 33.2 Å². The van der Waals surface area contributed by atoms with Crippen molar-refractivity contribution in [2.24, 2.45) is 12.8 Å². The highest BCUT2D eigenvalue weighted by Crippen LogP contribution is 2.20. The first-order chi connectivity index (χ1) is 8.41. The molecule has 1 aromatic rings. The summed E-state index contributed by atoms with van der Waals surface area (Å²) in [6.45, 7) is 6.25. The van der Waals surface area contributed by atoms with E-state index in [0.717, 1.165) is 17.8 Å². The van der Waals surface area contributed by atoms with Crippen LogP contribution < -0.4 is 15.8 Å². The Bertz CT molecular complexity index is 412. The molecule has 6 heteroatoms. The lowest BCUT2D eigenvalue weighted by molar-refractivity contribution is -0.123. The summed E-state index contributed by atoms with van der Waals surface area (Å²) in [5, 5.41) is 6.98. The molecule has 1 atom stereocenters. The number of nitrogens with two attached hydrogens (primary N) is 1. The molecule has 0 aromatic carbocycles. The molecule has 1 rings (SSSR count).